The third-order valence-electron chi connectivity index (χ3n) is 4.08. The second-order valence-corrected chi connectivity index (χ2v) is 7.60. The Bertz CT molecular complexity index is 878. The van der Waals surface area contributed by atoms with E-state index < -0.39 is 17.4 Å². The van der Waals surface area contributed by atoms with Crippen LogP contribution in [0.2, 0.25) is 0 Å². The Kier molecular flexibility index (Phi) is 8.70. The summed E-state index contributed by atoms with van der Waals surface area (Å²) in [5.41, 5.74) is 4.50. The first kappa shape index (κ1) is 23.2. The van der Waals surface area contributed by atoms with Gasteiger partial charge in [0.2, 0.25) is 11.8 Å². The molecule has 2 rings (SSSR count). The molecule has 0 saturated heterocycles. The maximum absolute atomic E-state index is 12.5. The number of para-hydroxylation sites is 2. The Morgan fingerprint density at radius 2 is 1.73 bits per heavy atom. The van der Waals surface area contributed by atoms with Crippen molar-refractivity contribution in [3.05, 3.63) is 54.6 Å². The molecule has 4 N–H and O–H groups in total. The van der Waals surface area contributed by atoms with Gasteiger partial charge in [-0.15, -0.1) is 11.8 Å². The van der Waals surface area contributed by atoms with Crippen molar-refractivity contribution in [2.24, 2.45) is 5.73 Å². The minimum Gasteiger partial charge on any atom is -0.491 e. The number of rotatable bonds is 11. The van der Waals surface area contributed by atoms with E-state index in [1.165, 1.54) is 18.9 Å². The van der Waals surface area contributed by atoms with E-state index in [0.29, 0.717) is 16.3 Å². The monoisotopic (exact) mass is 431 g/mol. The molecule has 30 heavy (non-hydrogen) atoms. The van der Waals surface area contributed by atoms with Crippen LogP contribution in [0.5, 0.6) is 5.75 Å². The summed E-state index contributed by atoms with van der Waals surface area (Å²) in [4.78, 5) is 36.5. The lowest BCUT2D eigenvalue weighted by molar-refractivity contribution is -0.149. The Hall–Kier alpha value is -3.04. The van der Waals surface area contributed by atoms with Crippen LogP contribution in [0.25, 0.3) is 0 Å². The fraction of sp³-hybridized carbons (Fsp3) is 0.286. The van der Waals surface area contributed by atoms with Gasteiger partial charge in [-0.1, -0.05) is 30.3 Å². The van der Waals surface area contributed by atoms with Crippen LogP contribution in [0, 0.1) is 0 Å². The lowest BCUT2D eigenvalue weighted by atomic mass is 10.0. The van der Waals surface area contributed by atoms with Crippen molar-refractivity contribution >= 4 is 35.2 Å². The number of ether oxygens (including phenoxy) is 2. The Morgan fingerprint density at radius 1 is 1.07 bits per heavy atom. The molecule has 0 aliphatic rings. The number of anilines is 1. The fourth-order valence-electron chi connectivity index (χ4n) is 2.47. The van der Waals surface area contributed by atoms with Gasteiger partial charge in [0.05, 0.1) is 25.1 Å². The molecule has 1 atom stereocenters. The molecule has 0 aromatic heterocycles. The van der Waals surface area contributed by atoms with Crippen LogP contribution >= 0.6 is 11.8 Å². The van der Waals surface area contributed by atoms with Crippen molar-refractivity contribution in [1.29, 1.82) is 0 Å². The molecule has 0 aliphatic carbocycles. The number of methoxy groups -OCH3 is 1. The summed E-state index contributed by atoms with van der Waals surface area (Å²) in [6.07, 6.45) is 0. The molecular formula is C21H25N3O5S. The molecule has 0 saturated carbocycles. The number of hydrogen-bond acceptors (Lipinski definition) is 7. The standard InChI is InChI=1S/C21H25N3O5S/c1-21(20(27)28-2,14-29-15-8-4-3-5-9-15)23-12-19(26)24-16-10-6-7-11-17(16)30-13-18(22)25/h3-11,23H,12-14H2,1-2H3,(H2,22,25)(H,24,26). The van der Waals surface area contributed by atoms with Gasteiger partial charge in [0.15, 0.2) is 0 Å². The van der Waals surface area contributed by atoms with E-state index in [1.54, 1.807) is 43.3 Å². The number of hydrogen-bond donors (Lipinski definition) is 3. The molecule has 2 aromatic carbocycles. The average Bonchev–Trinajstić information content (AvgIpc) is 2.75. The highest BCUT2D eigenvalue weighted by Gasteiger charge is 2.35. The third kappa shape index (κ3) is 7.09. The van der Waals surface area contributed by atoms with Gasteiger partial charge in [-0.25, -0.2) is 4.79 Å². The molecule has 1 unspecified atom stereocenters. The number of esters is 1. The first-order valence-electron chi connectivity index (χ1n) is 9.15. The SMILES string of the molecule is COC(=O)C(C)(COc1ccccc1)NCC(=O)Nc1ccccc1SCC(N)=O. The van der Waals surface area contributed by atoms with Crippen LogP contribution in [0.4, 0.5) is 5.69 Å². The topological polar surface area (TPSA) is 120 Å². The van der Waals surface area contributed by atoms with Crippen LogP contribution in [-0.4, -0.2) is 49.3 Å². The zero-order valence-corrected chi connectivity index (χ0v) is 17.7. The van der Waals surface area contributed by atoms with Gasteiger partial charge in [-0.3, -0.25) is 14.9 Å². The van der Waals surface area contributed by atoms with Crippen LogP contribution in [-0.2, 0) is 19.1 Å². The second-order valence-electron chi connectivity index (χ2n) is 6.58. The van der Waals surface area contributed by atoms with E-state index in [9.17, 15) is 14.4 Å². The van der Waals surface area contributed by atoms with Gasteiger partial charge in [0.25, 0.3) is 0 Å². The molecule has 0 heterocycles. The first-order valence-corrected chi connectivity index (χ1v) is 10.1. The van der Waals surface area contributed by atoms with Gasteiger partial charge in [-0.2, -0.15) is 0 Å². The third-order valence-corrected chi connectivity index (χ3v) is 5.17. The van der Waals surface area contributed by atoms with Crippen molar-refractivity contribution in [3.8, 4) is 5.75 Å². The van der Waals surface area contributed by atoms with E-state index in [-0.39, 0.29) is 24.8 Å². The summed E-state index contributed by atoms with van der Waals surface area (Å²) in [5.74, 6) is -0.669. The predicted molar refractivity (Wildman–Crippen MR) is 115 cm³/mol. The molecule has 2 aromatic rings. The van der Waals surface area contributed by atoms with E-state index in [0.717, 1.165) is 0 Å². The molecule has 2 amide bonds. The quantitative estimate of drug-likeness (QED) is 0.367. The van der Waals surface area contributed by atoms with Gasteiger partial charge in [0, 0.05) is 4.90 Å². The zero-order chi connectivity index (χ0) is 22.0. The lowest BCUT2D eigenvalue weighted by Gasteiger charge is -2.27. The van der Waals surface area contributed by atoms with E-state index >= 15 is 0 Å². The highest BCUT2D eigenvalue weighted by molar-refractivity contribution is 8.00. The smallest absolute Gasteiger partial charge is 0.329 e. The average molecular weight is 432 g/mol. The van der Waals surface area contributed by atoms with Gasteiger partial charge in [0.1, 0.15) is 17.9 Å². The van der Waals surface area contributed by atoms with E-state index in [4.69, 9.17) is 15.2 Å². The summed E-state index contributed by atoms with van der Waals surface area (Å²) >= 11 is 1.23. The largest absolute Gasteiger partial charge is 0.491 e. The highest BCUT2D eigenvalue weighted by atomic mass is 32.2. The summed E-state index contributed by atoms with van der Waals surface area (Å²) in [6.45, 7) is 1.42. The minimum absolute atomic E-state index is 0.0258. The number of benzene rings is 2. The Balaban J connectivity index is 1.99. The highest BCUT2D eigenvalue weighted by Crippen LogP contribution is 2.26. The summed E-state index contributed by atoms with van der Waals surface area (Å²) in [6, 6.07) is 16.1. The molecule has 0 bridgehead atoms. The van der Waals surface area contributed by atoms with Crippen molar-refractivity contribution in [1.82, 2.24) is 5.32 Å². The van der Waals surface area contributed by atoms with Gasteiger partial charge < -0.3 is 20.5 Å². The summed E-state index contributed by atoms with van der Waals surface area (Å²) < 4.78 is 10.5. The van der Waals surface area contributed by atoms with Crippen LogP contribution in [0.3, 0.4) is 0 Å². The van der Waals surface area contributed by atoms with Crippen molar-refractivity contribution in [3.63, 3.8) is 0 Å². The second kappa shape index (κ2) is 11.2. The number of carbonyl (C=O) groups is 3. The minimum atomic E-state index is -1.23. The molecular weight excluding hydrogens is 406 g/mol. The van der Waals surface area contributed by atoms with Crippen molar-refractivity contribution < 1.29 is 23.9 Å². The van der Waals surface area contributed by atoms with E-state index in [1.807, 2.05) is 18.2 Å². The Labute approximate surface area is 179 Å². The normalized spacial score (nSPS) is 12.5. The van der Waals surface area contributed by atoms with Gasteiger partial charge >= 0.3 is 5.97 Å². The predicted octanol–water partition coefficient (Wildman–Crippen LogP) is 1.80. The Morgan fingerprint density at radius 3 is 2.40 bits per heavy atom. The molecule has 0 fully saturated rings. The zero-order valence-electron chi connectivity index (χ0n) is 16.8. The molecule has 9 heteroatoms. The van der Waals surface area contributed by atoms with Gasteiger partial charge in [-0.05, 0) is 31.2 Å². The summed E-state index contributed by atoms with van der Waals surface area (Å²) in [7, 11) is 1.27. The fourth-order valence-corrected chi connectivity index (χ4v) is 3.21. The molecule has 160 valence electrons. The van der Waals surface area contributed by atoms with E-state index in [2.05, 4.69) is 10.6 Å². The molecule has 0 aliphatic heterocycles. The number of nitrogens with two attached hydrogens (primary N) is 1. The summed E-state index contributed by atoms with van der Waals surface area (Å²) in [5, 5.41) is 5.68. The molecule has 8 nitrogen and oxygen atoms in total. The maximum atomic E-state index is 12.5. The first-order chi connectivity index (χ1) is 14.3. The van der Waals surface area contributed by atoms with Crippen LogP contribution < -0.4 is 21.1 Å². The number of thioether (sulfide) groups is 1. The van der Waals surface area contributed by atoms with Crippen LogP contribution in [0.15, 0.2) is 59.5 Å². The van der Waals surface area contributed by atoms with Crippen molar-refractivity contribution in [2.45, 2.75) is 17.4 Å². The number of primary amides is 1. The number of carbonyl (C=O) groups excluding carboxylic acids is 3. The maximum Gasteiger partial charge on any atom is 0.329 e. The van der Waals surface area contributed by atoms with Crippen molar-refractivity contribution in [2.75, 3.05) is 31.3 Å². The number of nitrogens with one attached hydrogen (secondary N) is 2. The molecule has 0 radical (unpaired) electrons. The van der Waals surface area contributed by atoms with Crippen LogP contribution in [0.1, 0.15) is 6.92 Å². The lowest BCUT2D eigenvalue weighted by Crippen LogP contribution is -2.56. The molecule has 0 spiro atoms. The number of amides is 2.